The Morgan fingerprint density at radius 3 is 2.00 bits per heavy atom. The highest BCUT2D eigenvalue weighted by Gasteiger charge is 2.35. The Balaban J connectivity index is 4.62. The van der Waals surface area contributed by atoms with E-state index in [9.17, 15) is 0 Å². The lowest BCUT2D eigenvalue weighted by Crippen LogP contribution is -2.54. The van der Waals surface area contributed by atoms with Gasteiger partial charge in [0.2, 0.25) is 0 Å². The number of hydrogen-bond donors (Lipinski definition) is 1. The zero-order valence-electron chi connectivity index (χ0n) is 13.1. The zero-order valence-corrected chi connectivity index (χ0v) is 13.1. The van der Waals surface area contributed by atoms with Crippen molar-refractivity contribution in [1.82, 2.24) is 4.90 Å². The fourth-order valence-electron chi connectivity index (χ4n) is 1.79. The molecule has 0 aromatic carbocycles. The van der Waals surface area contributed by atoms with Crippen molar-refractivity contribution in [2.24, 2.45) is 11.1 Å². The summed E-state index contributed by atoms with van der Waals surface area (Å²) in [6.07, 6.45) is 3.76. The summed E-state index contributed by atoms with van der Waals surface area (Å²) in [5, 5.41) is 0. The van der Waals surface area contributed by atoms with Crippen LogP contribution in [0.15, 0.2) is 0 Å². The lowest BCUT2D eigenvalue weighted by atomic mass is 9.74. The Labute approximate surface area is 109 Å². The van der Waals surface area contributed by atoms with Gasteiger partial charge in [-0.05, 0) is 45.6 Å². The Morgan fingerprint density at radius 1 is 1.12 bits per heavy atom. The van der Waals surface area contributed by atoms with Crippen molar-refractivity contribution in [3.63, 3.8) is 0 Å². The quantitative estimate of drug-likeness (QED) is 0.704. The second-order valence-electron chi connectivity index (χ2n) is 6.69. The predicted molar refractivity (Wildman–Crippen MR) is 78.3 cm³/mol. The first-order valence-corrected chi connectivity index (χ1v) is 7.18. The van der Waals surface area contributed by atoms with Gasteiger partial charge in [0.05, 0.1) is 0 Å². The topological polar surface area (TPSA) is 29.3 Å². The van der Waals surface area contributed by atoms with Gasteiger partial charge in [-0.25, -0.2) is 0 Å². The minimum Gasteiger partial charge on any atom is -0.325 e. The summed E-state index contributed by atoms with van der Waals surface area (Å²) in [7, 11) is 0. The highest BCUT2D eigenvalue weighted by Crippen LogP contribution is 2.30. The van der Waals surface area contributed by atoms with Crippen LogP contribution in [0.3, 0.4) is 0 Å². The molecule has 0 amide bonds. The minimum absolute atomic E-state index is 0.134. The van der Waals surface area contributed by atoms with Crippen LogP contribution < -0.4 is 5.73 Å². The molecule has 0 rings (SSSR count). The molecule has 2 heteroatoms. The van der Waals surface area contributed by atoms with Gasteiger partial charge in [0.1, 0.15) is 0 Å². The first-order chi connectivity index (χ1) is 7.65. The molecule has 0 aliphatic rings. The molecule has 0 aromatic heterocycles. The molecule has 0 aliphatic heterocycles. The molecule has 2 N–H and O–H groups in total. The molecule has 0 aliphatic carbocycles. The summed E-state index contributed by atoms with van der Waals surface area (Å²) in [5.41, 5.74) is 6.31. The van der Waals surface area contributed by atoms with Gasteiger partial charge in [-0.3, -0.25) is 0 Å². The molecule has 0 radical (unpaired) electrons. The molecule has 0 aromatic rings. The van der Waals surface area contributed by atoms with E-state index < -0.39 is 0 Å². The van der Waals surface area contributed by atoms with Crippen molar-refractivity contribution < 1.29 is 0 Å². The third-order valence-corrected chi connectivity index (χ3v) is 4.36. The van der Waals surface area contributed by atoms with Crippen molar-refractivity contribution in [2.45, 2.75) is 79.3 Å². The SMILES string of the molecule is CCCCN(CC(C)(C)C(C)(C)N)C(C)CC. The van der Waals surface area contributed by atoms with Crippen LogP contribution in [0, 0.1) is 5.41 Å². The molecule has 0 heterocycles. The number of unbranched alkanes of at least 4 members (excludes halogenated alkanes) is 1. The summed E-state index contributed by atoms with van der Waals surface area (Å²) < 4.78 is 0. The lowest BCUT2D eigenvalue weighted by Gasteiger charge is -2.44. The van der Waals surface area contributed by atoms with E-state index in [4.69, 9.17) is 5.73 Å². The number of nitrogens with two attached hydrogens (primary N) is 1. The molecule has 17 heavy (non-hydrogen) atoms. The average molecular weight is 242 g/mol. The van der Waals surface area contributed by atoms with Crippen molar-refractivity contribution in [3.05, 3.63) is 0 Å². The first kappa shape index (κ1) is 16.9. The Kier molecular flexibility index (Phi) is 6.71. The maximum absolute atomic E-state index is 6.31. The van der Waals surface area contributed by atoms with Crippen molar-refractivity contribution >= 4 is 0 Å². The van der Waals surface area contributed by atoms with Crippen LogP contribution in [0.1, 0.15) is 67.7 Å². The second kappa shape index (κ2) is 6.75. The zero-order chi connectivity index (χ0) is 13.7. The summed E-state index contributed by atoms with van der Waals surface area (Å²) in [6.45, 7) is 18.0. The standard InChI is InChI=1S/C15H34N2/c1-8-10-11-17(13(3)9-2)12-14(4,5)15(6,7)16/h13H,8-12,16H2,1-7H3. The highest BCUT2D eigenvalue weighted by atomic mass is 15.2. The molecule has 0 fully saturated rings. The molecule has 1 unspecified atom stereocenters. The highest BCUT2D eigenvalue weighted by molar-refractivity contribution is 4.92. The fourth-order valence-corrected chi connectivity index (χ4v) is 1.79. The molecule has 0 saturated heterocycles. The van der Waals surface area contributed by atoms with E-state index in [1.54, 1.807) is 0 Å². The molecule has 0 bridgehead atoms. The summed E-state index contributed by atoms with van der Waals surface area (Å²) >= 11 is 0. The minimum atomic E-state index is -0.134. The van der Waals surface area contributed by atoms with Gasteiger partial charge in [-0.15, -0.1) is 0 Å². The molecular weight excluding hydrogens is 208 g/mol. The monoisotopic (exact) mass is 242 g/mol. The third-order valence-electron chi connectivity index (χ3n) is 4.36. The number of nitrogens with zero attached hydrogens (tertiary/aromatic N) is 1. The van der Waals surface area contributed by atoms with Crippen LogP contribution in [-0.4, -0.2) is 29.6 Å². The maximum atomic E-state index is 6.31. The van der Waals surface area contributed by atoms with Gasteiger partial charge in [0.15, 0.2) is 0 Å². The molecule has 0 spiro atoms. The summed E-state index contributed by atoms with van der Waals surface area (Å²) in [4.78, 5) is 2.61. The van der Waals surface area contributed by atoms with Crippen LogP contribution in [0.2, 0.25) is 0 Å². The van der Waals surface area contributed by atoms with Crippen LogP contribution in [0.25, 0.3) is 0 Å². The Hall–Kier alpha value is -0.0800. The predicted octanol–water partition coefficient (Wildman–Crippen LogP) is 3.65. The molecule has 1 atom stereocenters. The number of hydrogen-bond acceptors (Lipinski definition) is 2. The molecular formula is C15H34N2. The van der Waals surface area contributed by atoms with Gasteiger partial charge in [-0.2, -0.15) is 0 Å². The lowest BCUT2D eigenvalue weighted by molar-refractivity contribution is 0.0849. The van der Waals surface area contributed by atoms with Crippen molar-refractivity contribution in [2.75, 3.05) is 13.1 Å². The largest absolute Gasteiger partial charge is 0.325 e. The van der Waals surface area contributed by atoms with E-state index in [0.29, 0.717) is 6.04 Å². The van der Waals surface area contributed by atoms with Gasteiger partial charge in [0.25, 0.3) is 0 Å². The molecule has 0 saturated carbocycles. The maximum Gasteiger partial charge on any atom is 0.0161 e. The summed E-state index contributed by atoms with van der Waals surface area (Å²) in [5.74, 6) is 0. The van der Waals surface area contributed by atoms with Crippen LogP contribution in [0.5, 0.6) is 0 Å². The van der Waals surface area contributed by atoms with Crippen LogP contribution >= 0.6 is 0 Å². The normalized spacial score (nSPS) is 15.4. The van der Waals surface area contributed by atoms with Crippen LogP contribution in [0.4, 0.5) is 0 Å². The number of rotatable bonds is 8. The van der Waals surface area contributed by atoms with E-state index in [1.165, 1.54) is 25.8 Å². The van der Waals surface area contributed by atoms with E-state index in [1.807, 2.05) is 0 Å². The average Bonchev–Trinajstić information content (AvgIpc) is 2.21. The van der Waals surface area contributed by atoms with Crippen molar-refractivity contribution in [3.8, 4) is 0 Å². The van der Waals surface area contributed by atoms with E-state index in [-0.39, 0.29) is 11.0 Å². The van der Waals surface area contributed by atoms with Gasteiger partial charge in [0, 0.05) is 18.1 Å². The van der Waals surface area contributed by atoms with Crippen molar-refractivity contribution in [1.29, 1.82) is 0 Å². The fraction of sp³-hybridized carbons (Fsp3) is 1.00. The van der Waals surface area contributed by atoms with Crippen LogP contribution in [-0.2, 0) is 0 Å². The van der Waals surface area contributed by atoms with Gasteiger partial charge in [-0.1, -0.05) is 34.1 Å². The second-order valence-corrected chi connectivity index (χ2v) is 6.69. The van der Waals surface area contributed by atoms with Gasteiger partial charge >= 0.3 is 0 Å². The third kappa shape index (κ3) is 5.39. The van der Waals surface area contributed by atoms with E-state index in [0.717, 1.165) is 6.54 Å². The smallest absolute Gasteiger partial charge is 0.0161 e. The van der Waals surface area contributed by atoms with Gasteiger partial charge < -0.3 is 10.6 Å². The molecule has 104 valence electrons. The Morgan fingerprint density at radius 2 is 1.65 bits per heavy atom. The Bertz CT molecular complexity index is 203. The molecule has 2 nitrogen and oxygen atoms in total. The first-order valence-electron chi connectivity index (χ1n) is 7.18. The summed E-state index contributed by atoms with van der Waals surface area (Å²) in [6, 6.07) is 0.656. The van der Waals surface area contributed by atoms with E-state index in [2.05, 4.69) is 53.4 Å². The van der Waals surface area contributed by atoms with E-state index >= 15 is 0 Å².